The average Bonchev–Trinajstić information content (AvgIpc) is 2.18. The summed E-state index contributed by atoms with van der Waals surface area (Å²) in [7, 11) is 0. The molecule has 0 heterocycles. The number of anilines is 1. The Morgan fingerprint density at radius 1 is 1.53 bits per heavy atom. The number of non-ortho nitro benzene ring substituents is 1. The SMILES string of the molecule is CC(Nc1ccc([N+](=O)[O-])cc1F)C1CCC1. The molecule has 0 spiro atoms. The molecule has 1 aromatic carbocycles. The number of rotatable bonds is 4. The molecule has 17 heavy (non-hydrogen) atoms. The van der Waals surface area contributed by atoms with E-state index >= 15 is 0 Å². The van der Waals surface area contributed by atoms with Crippen molar-refractivity contribution in [2.24, 2.45) is 5.92 Å². The molecule has 0 saturated heterocycles. The van der Waals surface area contributed by atoms with Crippen molar-refractivity contribution in [1.29, 1.82) is 0 Å². The highest BCUT2D eigenvalue weighted by molar-refractivity contribution is 5.50. The van der Waals surface area contributed by atoms with Crippen LogP contribution in [0.5, 0.6) is 0 Å². The maximum atomic E-state index is 13.6. The van der Waals surface area contributed by atoms with Gasteiger partial charge in [0, 0.05) is 12.1 Å². The molecule has 1 saturated carbocycles. The summed E-state index contributed by atoms with van der Waals surface area (Å²) >= 11 is 0. The summed E-state index contributed by atoms with van der Waals surface area (Å²) in [4.78, 5) is 9.87. The summed E-state index contributed by atoms with van der Waals surface area (Å²) in [5.41, 5.74) is 0.124. The van der Waals surface area contributed by atoms with Crippen molar-refractivity contribution < 1.29 is 9.31 Å². The second kappa shape index (κ2) is 4.69. The molecule has 1 unspecified atom stereocenters. The molecule has 5 heteroatoms. The zero-order valence-electron chi connectivity index (χ0n) is 9.65. The molecule has 92 valence electrons. The van der Waals surface area contributed by atoms with Crippen LogP contribution in [-0.2, 0) is 0 Å². The molecule has 0 bridgehead atoms. The Balaban J connectivity index is 2.07. The topological polar surface area (TPSA) is 55.2 Å². The quantitative estimate of drug-likeness (QED) is 0.646. The summed E-state index contributed by atoms with van der Waals surface area (Å²) in [5.74, 6) is 0.0231. The molecule has 1 aromatic rings. The molecule has 1 fully saturated rings. The lowest BCUT2D eigenvalue weighted by Crippen LogP contribution is -2.31. The Bertz CT molecular complexity index is 433. The molecule has 2 rings (SSSR count). The van der Waals surface area contributed by atoms with Gasteiger partial charge in [-0.05, 0) is 31.7 Å². The fourth-order valence-corrected chi connectivity index (χ4v) is 2.04. The Labute approximate surface area is 99.0 Å². The van der Waals surface area contributed by atoms with Gasteiger partial charge in [-0.2, -0.15) is 0 Å². The van der Waals surface area contributed by atoms with Crippen LogP contribution in [0.25, 0.3) is 0 Å². The van der Waals surface area contributed by atoms with Gasteiger partial charge in [0.25, 0.3) is 5.69 Å². The van der Waals surface area contributed by atoms with E-state index in [4.69, 9.17) is 0 Å². The number of halogens is 1. The summed E-state index contributed by atoms with van der Waals surface area (Å²) in [5, 5.41) is 13.5. The van der Waals surface area contributed by atoms with Crippen LogP contribution in [0.1, 0.15) is 26.2 Å². The van der Waals surface area contributed by atoms with Gasteiger partial charge in [0.2, 0.25) is 0 Å². The van der Waals surface area contributed by atoms with E-state index in [2.05, 4.69) is 5.32 Å². The first kappa shape index (κ1) is 11.8. The number of hydrogen-bond donors (Lipinski definition) is 1. The van der Waals surface area contributed by atoms with Gasteiger partial charge >= 0.3 is 0 Å². The van der Waals surface area contributed by atoms with Crippen molar-refractivity contribution in [3.05, 3.63) is 34.1 Å². The first-order chi connectivity index (χ1) is 8.08. The van der Waals surface area contributed by atoms with Gasteiger partial charge < -0.3 is 5.32 Å². The smallest absolute Gasteiger partial charge is 0.272 e. The predicted octanol–water partition coefficient (Wildman–Crippen LogP) is 3.33. The Kier molecular flexibility index (Phi) is 3.26. The Morgan fingerprint density at radius 2 is 2.24 bits per heavy atom. The van der Waals surface area contributed by atoms with Crippen LogP contribution in [0.3, 0.4) is 0 Å². The van der Waals surface area contributed by atoms with Gasteiger partial charge in [-0.25, -0.2) is 4.39 Å². The Morgan fingerprint density at radius 3 is 2.71 bits per heavy atom. The third kappa shape index (κ3) is 2.54. The van der Waals surface area contributed by atoms with E-state index in [1.165, 1.54) is 31.4 Å². The second-order valence-corrected chi connectivity index (χ2v) is 4.55. The minimum atomic E-state index is -0.595. The molecule has 0 amide bonds. The lowest BCUT2D eigenvalue weighted by Gasteiger charge is -2.32. The fourth-order valence-electron chi connectivity index (χ4n) is 2.04. The van der Waals surface area contributed by atoms with Crippen LogP contribution < -0.4 is 5.32 Å². The maximum absolute atomic E-state index is 13.6. The van der Waals surface area contributed by atoms with Crippen molar-refractivity contribution in [2.45, 2.75) is 32.2 Å². The monoisotopic (exact) mass is 238 g/mol. The molecule has 4 nitrogen and oxygen atoms in total. The minimum absolute atomic E-state index is 0.208. The predicted molar refractivity (Wildman–Crippen MR) is 63.5 cm³/mol. The molecule has 1 atom stereocenters. The van der Waals surface area contributed by atoms with Crippen LogP contribution in [0.2, 0.25) is 0 Å². The summed E-state index contributed by atoms with van der Waals surface area (Å²) < 4.78 is 13.6. The van der Waals surface area contributed by atoms with Gasteiger partial charge in [0.05, 0.1) is 16.7 Å². The number of benzene rings is 1. The largest absolute Gasteiger partial charge is 0.380 e. The van der Waals surface area contributed by atoms with E-state index in [0.717, 1.165) is 6.07 Å². The van der Waals surface area contributed by atoms with E-state index in [9.17, 15) is 14.5 Å². The first-order valence-corrected chi connectivity index (χ1v) is 5.78. The van der Waals surface area contributed by atoms with Gasteiger partial charge in [0.15, 0.2) is 5.82 Å². The fraction of sp³-hybridized carbons (Fsp3) is 0.500. The van der Waals surface area contributed by atoms with Crippen molar-refractivity contribution in [2.75, 3.05) is 5.32 Å². The molecule has 1 aliphatic carbocycles. The Hall–Kier alpha value is -1.65. The molecular formula is C12H15FN2O2. The number of nitro groups is 1. The van der Waals surface area contributed by atoms with Crippen molar-refractivity contribution in [3.8, 4) is 0 Å². The first-order valence-electron chi connectivity index (χ1n) is 5.78. The molecule has 1 N–H and O–H groups in total. The minimum Gasteiger partial charge on any atom is -0.380 e. The third-order valence-corrected chi connectivity index (χ3v) is 3.40. The number of nitrogens with zero attached hydrogens (tertiary/aromatic N) is 1. The van der Waals surface area contributed by atoms with E-state index in [1.54, 1.807) is 0 Å². The van der Waals surface area contributed by atoms with E-state index in [0.29, 0.717) is 11.6 Å². The molecule has 1 aliphatic rings. The lowest BCUT2D eigenvalue weighted by atomic mass is 9.80. The second-order valence-electron chi connectivity index (χ2n) is 4.55. The van der Waals surface area contributed by atoms with Gasteiger partial charge in [-0.3, -0.25) is 10.1 Å². The van der Waals surface area contributed by atoms with Crippen LogP contribution >= 0.6 is 0 Å². The van der Waals surface area contributed by atoms with Crippen molar-refractivity contribution in [1.82, 2.24) is 0 Å². The van der Waals surface area contributed by atoms with Crippen molar-refractivity contribution in [3.63, 3.8) is 0 Å². The third-order valence-electron chi connectivity index (χ3n) is 3.40. The number of nitro benzene ring substituents is 1. The summed E-state index contributed by atoms with van der Waals surface area (Å²) in [6, 6.07) is 3.91. The maximum Gasteiger partial charge on any atom is 0.272 e. The summed E-state index contributed by atoms with van der Waals surface area (Å²) in [6.07, 6.45) is 3.57. The zero-order chi connectivity index (χ0) is 12.4. The highest BCUT2D eigenvalue weighted by Crippen LogP contribution is 2.31. The molecular weight excluding hydrogens is 223 g/mol. The van der Waals surface area contributed by atoms with E-state index in [-0.39, 0.29) is 11.7 Å². The lowest BCUT2D eigenvalue weighted by molar-refractivity contribution is -0.385. The van der Waals surface area contributed by atoms with Crippen LogP contribution in [0.4, 0.5) is 15.8 Å². The van der Waals surface area contributed by atoms with Gasteiger partial charge in [0.1, 0.15) is 0 Å². The van der Waals surface area contributed by atoms with Crippen LogP contribution in [-0.4, -0.2) is 11.0 Å². The van der Waals surface area contributed by atoms with E-state index in [1.807, 2.05) is 6.92 Å². The zero-order valence-corrected chi connectivity index (χ0v) is 9.65. The van der Waals surface area contributed by atoms with Gasteiger partial charge in [-0.15, -0.1) is 0 Å². The standard InChI is InChI=1S/C12H15FN2O2/c1-8(9-3-2-4-9)14-12-6-5-10(15(16)17)7-11(12)13/h5-9,14H,2-4H2,1H3. The normalized spacial score (nSPS) is 17.3. The molecule has 0 radical (unpaired) electrons. The van der Waals surface area contributed by atoms with Crippen LogP contribution in [0, 0.1) is 21.8 Å². The highest BCUT2D eigenvalue weighted by Gasteiger charge is 2.24. The number of hydrogen-bond acceptors (Lipinski definition) is 3. The summed E-state index contributed by atoms with van der Waals surface area (Å²) in [6.45, 7) is 2.02. The number of nitrogens with one attached hydrogen (secondary N) is 1. The van der Waals surface area contributed by atoms with Gasteiger partial charge in [-0.1, -0.05) is 6.42 Å². The van der Waals surface area contributed by atoms with Crippen LogP contribution in [0.15, 0.2) is 18.2 Å². The average molecular weight is 238 g/mol. The molecule has 0 aliphatic heterocycles. The van der Waals surface area contributed by atoms with Crippen molar-refractivity contribution >= 4 is 11.4 Å². The van der Waals surface area contributed by atoms with E-state index < -0.39 is 10.7 Å². The highest BCUT2D eigenvalue weighted by atomic mass is 19.1. The molecule has 0 aromatic heterocycles.